The Hall–Kier alpha value is -2.90. The van der Waals surface area contributed by atoms with Gasteiger partial charge in [0.05, 0.1) is 32.8 Å². The van der Waals surface area contributed by atoms with Gasteiger partial charge in [0.2, 0.25) is 5.91 Å². The van der Waals surface area contributed by atoms with Crippen molar-refractivity contribution in [1.82, 2.24) is 14.5 Å². The van der Waals surface area contributed by atoms with E-state index in [9.17, 15) is 9.59 Å². The van der Waals surface area contributed by atoms with Crippen LogP contribution in [0.2, 0.25) is 10.0 Å². The Morgan fingerprint density at radius 2 is 2.19 bits per heavy atom. The van der Waals surface area contributed by atoms with Crippen LogP contribution in [0.15, 0.2) is 54.1 Å². The SMILES string of the molecule is [2H]C([2H])([2H])n1cnc2ccc(N[C@@]3(c4c(F)ccc(Cl)c4Cl)CCN(C(=O)C=C)C3)cc2c1=O. The zero-order valence-electron chi connectivity index (χ0n) is 19.2. The number of rotatable bonds is 4. The quantitative estimate of drug-likeness (QED) is 0.467. The molecule has 1 amide bonds. The predicted octanol–water partition coefficient (Wildman–Crippen LogP) is 4.11. The molecule has 0 aliphatic carbocycles. The molecule has 2 aromatic carbocycles. The molecule has 1 aliphatic heterocycles. The van der Waals surface area contributed by atoms with Gasteiger partial charge in [-0.05, 0) is 42.8 Å². The van der Waals surface area contributed by atoms with Gasteiger partial charge in [-0.25, -0.2) is 9.37 Å². The molecule has 0 saturated carbocycles. The largest absolute Gasteiger partial charge is 0.374 e. The van der Waals surface area contributed by atoms with E-state index in [0.717, 1.165) is 6.33 Å². The van der Waals surface area contributed by atoms with Crippen molar-refractivity contribution in [3.63, 3.8) is 0 Å². The summed E-state index contributed by atoms with van der Waals surface area (Å²) in [6.07, 6.45) is 2.43. The average molecular weight is 464 g/mol. The summed E-state index contributed by atoms with van der Waals surface area (Å²) in [7, 11) is 0. The Morgan fingerprint density at radius 1 is 1.39 bits per heavy atom. The standard InChI is InChI=1S/C22H19Cl2FN4O2/c1-3-18(30)29-9-8-22(11-29,19-16(25)6-5-15(23)20(19)24)27-13-4-7-17-14(10-13)21(31)28(2)12-26-17/h3-7,10,12,27H,1,8-9,11H2,2H3/t22-/m0/s1/i2D3. The van der Waals surface area contributed by atoms with Gasteiger partial charge in [-0.3, -0.25) is 9.59 Å². The Labute approximate surface area is 192 Å². The minimum Gasteiger partial charge on any atom is -0.374 e. The number of hydrogen-bond donors (Lipinski definition) is 1. The monoisotopic (exact) mass is 463 g/mol. The Bertz CT molecular complexity index is 1380. The van der Waals surface area contributed by atoms with Crippen LogP contribution in [0.25, 0.3) is 10.9 Å². The average Bonchev–Trinajstić information content (AvgIpc) is 3.20. The molecule has 0 unspecified atom stereocenters. The van der Waals surface area contributed by atoms with Crippen molar-refractivity contribution < 1.29 is 13.3 Å². The number of amides is 1. The van der Waals surface area contributed by atoms with Crippen LogP contribution in [0.1, 0.15) is 16.1 Å². The minimum atomic E-state index is -2.70. The van der Waals surface area contributed by atoms with Gasteiger partial charge >= 0.3 is 0 Å². The molecule has 4 rings (SSSR count). The van der Waals surface area contributed by atoms with Gasteiger partial charge in [0.25, 0.3) is 5.56 Å². The van der Waals surface area contributed by atoms with Crippen LogP contribution in [-0.2, 0) is 17.3 Å². The number of benzene rings is 2. The van der Waals surface area contributed by atoms with E-state index in [-0.39, 0.29) is 39.9 Å². The lowest BCUT2D eigenvalue weighted by molar-refractivity contribution is -0.125. The zero-order chi connectivity index (χ0) is 24.8. The van der Waals surface area contributed by atoms with Gasteiger partial charge in [-0.2, -0.15) is 0 Å². The number of hydrogen-bond acceptors (Lipinski definition) is 4. The molecule has 1 saturated heterocycles. The highest BCUT2D eigenvalue weighted by Gasteiger charge is 2.44. The normalized spacial score (nSPS) is 20.2. The number of carbonyl (C=O) groups excluding carboxylic acids is 1. The fourth-order valence-electron chi connectivity index (χ4n) is 3.94. The third kappa shape index (κ3) is 3.68. The topological polar surface area (TPSA) is 67.2 Å². The van der Waals surface area contributed by atoms with E-state index in [0.29, 0.717) is 22.3 Å². The van der Waals surface area contributed by atoms with E-state index in [1.807, 2.05) is 0 Å². The first kappa shape index (κ1) is 17.7. The van der Waals surface area contributed by atoms with Crippen molar-refractivity contribution in [2.45, 2.75) is 12.0 Å². The van der Waals surface area contributed by atoms with Crippen LogP contribution in [0.5, 0.6) is 0 Å². The molecule has 160 valence electrons. The summed E-state index contributed by atoms with van der Waals surface area (Å²) < 4.78 is 38.3. The van der Waals surface area contributed by atoms with Crippen molar-refractivity contribution >= 4 is 45.7 Å². The molecule has 2 heterocycles. The van der Waals surface area contributed by atoms with Crippen LogP contribution in [0.3, 0.4) is 0 Å². The molecule has 0 radical (unpaired) electrons. The Kier molecular flexibility index (Phi) is 4.57. The highest BCUT2D eigenvalue weighted by atomic mass is 35.5. The van der Waals surface area contributed by atoms with Crippen LogP contribution < -0.4 is 10.9 Å². The zero-order valence-corrected chi connectivity index (χ0v) is 17.7. The van der Waals surface area contributed by atoms with Gasteiger partial charge in [-0.1, -0.05) is 29.8 Å². The first-order valence-corrected chi connectivity index (χ1v) is 10.1. The maximum atomic E-state index is 15.1. The molecular formula is C22H19Cl2FN4O2. The summed E-state index contributed by atoms with van der Waals surface area (Å²) in [6, 6.07) is 7.17. The van der Waals surface area contributed by atoms with Crippen LogP contribution in [0.4, 0.5) is 10.1 Å². The van der Waals surface area contributed by atoms with Crippen molar-refractivity contribution in [2.24, 2.45) is 6.98 Å². The number of likely N-dealkylation sites (tertiary alicyclic amines) is 1. The number of anilines is 1. The van der Waals surface area contributed by atoms with Crippen molar-refractivity contribution in [3.8, 4) is 0 Å². The van der Waals surface area contributed by atoms with Crippen molar-refractivity contribution in [1.29, 1.82) is 0 Å². The Morgan fingerprint density at radius 3 is 2.94 bits per heavy atom. The molecule has 1 fully saturated rings. The molecule has 3 aromatic rings. The lowest BCUT2D eigenvalue weighted by atomic mass is 9.87. The lowest BCUT2D eigenvalue weighted by Gasteiger charge is -2.33. The first-order chi connectivity index (χ1) is 16.0. The van der Waals surface area contributed by atoms with E-state index >= 15 is 4.39 Å². The number of nitrogens with one attached hydrogen (secondary N) is 1. The molecular weight excluding hydrogens is 442 g/mol. The molecule has 9 heteroatoms. The van der Waals surface area contributed by atoms with E-state index < -0.39 is 23.9 Å². The summed E-state index contributed by atoms with van der Waals surface area (Å²) in [5.74, 6) is -0.937. The second kappa shape index (κ2) is 7.98. The number of nitrogens with zero attached hydrogens (tertiary/aromatic N) is 3. The van der Waals surface area contributed by atoms with Crippen molar-refractivity contribution in [2.75, 3.05) is 18.4 Å². The second-order valence-corrected chi connectivity index (χ2v) is 8.08. The Balaban J connectivity index is 1.86. The number of fused-ring (bicyclic) bond motifs is 1. The summed E-state index contributed by atoms with van der Waals surface area (Å²) in [5.41, 5.74) is -1.15. The summed E-state index contributed by atoms with van der Waals surface area (Å²) in [4.78, 5) is 30.7. The fraction of sp³-hybridized carbons (Fsp3) is 0.227. The van der Waals surface area contributed by atoms with Crippen molar-refractivity contribution in [3.05, 3.63) is 81.1 Å². The third-order valence-electron chi connectivity index (χ3n) is 5.42. The lowest BCUT2D eigenvalue weighted by Crippen LogP contribution is -2.41. The molecule has 1 aromatic heterocycles. The predicted molar refractivity (Wildman–Crippen MR) is 120 cm³/mol. The number of aromatic nitrogens is 2. The molecule has 1 atom stereocenters. The smallest absolute Gasteiger partial charge is 0.260 e. The van der Waals surface area contributed by atoms with Gasteiger partial charge in [0.1, 0.15) is 5.82 Å². The molecule has 1 N–H and O–H groups in total. The van der Waals surface area contributed by atoms with E-state index in [2.05, 4.69) is 16.9 Å². The van der Waals surface area contributed by atoms with E-state index in [1.54, 1.807) is 12.1 Å². The molecule has 0 bridgehead atoms. The van der Waals surface area contributed by atoms with Gasteiger partial charge in [0.15, 0.2) is 0 Å². The highest BCUT2D eigenvalue weighted by Crippen LogP contribution is 2.43. The van der Waals surface area contributed by atoms with E-state index in [1.165, 1.54) is 29.2 Å². The maximum absolute atomic E-state index is 15.1. The molecule has 1 aliphatic rings. The van der Waals surface area contributed by atoms with Gasteiger partial charge < -0.3 is 14.8 Å². The fourth-order valence-corrected chi connectivity index (χ4v) is 4.43. The van der Waals surface area contributed by atoms with Crippen LogP contribution in [-0.4, -0.2) is 33.4 Å². The maximum Gasteiger partial charge on any atom is 0.260 e. The van der Waals surface area contributed by atoms with Crippen LogP contribution in [0, 0.1) is 5.82 Å². The number of halogens is 3. The second-order valence-electron chi connectivity index (χ2n) is 7.29. The summed E-state index contributed by atoms with van der Waals surface area (Å²) >= 11 is 12.6. The summed E-state index contributed by atoms with van der Waals surface area (Å²) in [6.45, 7) is 1.16. The third-order valence-corrected chi connectivity index (χ3v) is 6.22. The van der Waals surface area contributed by atoms with E-state index in [4.69, 9.17) is 27.3 Å². The summed E-state index contributed by atoms with van der Waals surface area (Å²) in [5, 5.41) is 3.46. The molecule has 0 spiro atoms. The number of aryl methyl sites for hydroxylation is 1. The van der Waals surface area contributed by atoms with Crippen LogP contribution >= 0.6 is 23.2 Å². The minimum absolute atomic E-state index is 0.00859. The van der Waals surface area contributed by atoms with Gasteiger partial charge in [-0.15, -0.1) is 0 Å². The number of carbonyl (C=O) groups is 1. The molecule has 31 heavy (non-hydrogen) atoms. The van der Waals surface area contributed by atoms with Gasteiger partial charge in [0, 0.05) is 35.4 Å². The highest BCUT2D eigenvalue weighted by molar-refractivity contribution is 6.42. The first-order valence-electron chi connectivity index (χ1n) is 10.8. The molecule has 6 nitrogen and oxygen atoms in total.